The molecule has 0 radical (unpaired) electrons. The van der Waals surface area contributed by atoms with E-state index in [-0.39, 0.29) is 5.97 Å². The van der Waals surface area contributed by atoms with E-state index in [1.165, 1.54) is 25.7 Å². The molecule has 0 amide bonds. The van der Waals surface area contributed by atoms with Crippen LogP contribution in [0.4, 0.5) is 0 Å². The molecule has 1 aliphatic rings. The average molecular weight is 334 g/mol. The lowest BCUT2D eigenvalue weighted by atomic mass is 10.3. The molecule has 0 N–H and O–H groups in total. The average Bonchev–Trinajstić information content (AvgIpc) is 2.86. The first-order valence-corrected chi connectivity index (χ1v) is 6.72. The third-order valence-corrected chi connectivity index (χ3v) is 3.65. The van der Waals surface area contributed by atoms with Crippen molar-refractivity contribution in [2.75, 3.05) is 6.61 Å². The number of ether oxygens (including phenoxy) is 1. The second kappa shape index (κ2) is 5.16. The maximum Gasteiger partial charge on any atom is 0.358 e. The van der Waals surface area contributed by atoms with Gasteiger partial charge >= 0.3 is 5.97 Å². The van der Waals surface area contributed by atoms with Crippen molar-refractivity contribution in [1.29, 1.82) is 0 Å². The van der Waals surface area contributed by atoms with Crippen molar-refractivity contribution in [3.63, 3.8) is 0 Å². The third-order valence-electron chi connectivity index (χ3n) is 2.85. The highest BCUT2D eigenvalue weighted by Gasteiger charge is 2.22. The summed E-state index contributed by atoms with van der Waals surface area (Å²) >= 11 is 2.23. The smallest absolute Gasteiger partial charge is 0.358 e. The summed E-state index contributed by atoms with van der Waals surface area (Å²) in [5, 5.41) is 4.34. The quantitative estimate of drug-likeness (QED) is 0.631. The van der Waals surface area contributed by atoms with Crippen LogP contribution in [0.15, 0.2) is 6.07 Å². The van der Waals surface area contributed by atoms with Gasteiger partial charge in [-0.3, -0.25) is 4.68 Å². The highest BCUT2D eigenvalue weighted by atomic mass is 127. The van der Waals surface area contributed by atoms with Crippen LogP contribution in [0.3, 0.4) is 0 Å². The molecule has 5 heteroatoms. The van der Waals surface area contributed by atoms with Gasteiger partial charge in [0.1, 0.15) is 3.70 Å². The number of esters is 1. The fourth-order valence-electron chi connectivity index (χ4n) is 2.08. The molecular formula is C11H15IN2O2. The van der Waals surface area contributed by atoms with Gasteiger partial charge in [0.2, 0.25) is 0 Å². The van der Waals surface area contributed by atoms with Gasteiger partial charge in [0.15, 0.2) is 5.69 Å². The van der Waals surface area contributed by atoms with Crippen LogP contribution >= 0.6 is 22.6 Å². The van der Waals surface area contributed by atoms with E-state index in [1.807, 2.05) is 4.68 Å². The van der Waals surface area contributed by atoms with Gasteiger partial charge in [0, 0.05) is 6.07 Å². The van der Waals surface area contributed by atoms with E-state index in [1.54, 1.807) is 13.0 Å². The van der Waals surface area contributed by atoms with Gasteiger partial charge in [-0.1, -0.05) is 12.8 Å². The van der Waals surface area contributed by atoms with Gasteiger partial charge < -0.3 is 4.74 Å². The van der Waals surface area contributed by atoms with Crippen molar-refractivity contribution in [2.24, 2.45) is 0 Å². The number of aromatic nitrogens is 2. The normalized spacial score (nSPS) is 16.6. The molecule has 1 aromatic heterocycles. The molecule has 88 valence electrons. The fraction of sp³-hybridized carbons (Fsp3) is 0.636. The van der Waals surface area contributed by atoms with Gasteiger partial charge in [0.05, 0.1) is 12.6 Å². The highest BCUT2D eigenvalue weighted by molar-refractivity contribution is 14.1. The second-order valence-electron chi connectivity index (χ2n) is 3.96. The van der Waals surface area contributed by atoms with Gasteiger partial charge in [-0.05, 0) is 42.4 Å². The molecule has 0 aliphatic heterocycles. The summed E-state index contributed by atoms with van der Waals surface area (Å²) < 4.78 is 7.93. The molecule has 0 aromatic carbocycles. The molecule has 0 bridgehead atoms. The largest absolute Gasteiger partial charge is 0.461 e. The molecule has 1 aliphatic carbocycles. The molecule has 1 saturated carbocycles. The molecule has 0 spiro atoms. The number of carbonyl (C=O) groups excluding carboxylic acids is 1. The lowest BCUT2D eigenvalue weighted by molar-refractivity contribution is 0.0518. The van der Waals surface area contributed by atoms with Crippen molar-refractivity contribution >= 4 is 28.6 Å². The van der Waals surface area contributed by atoms with E-state index in [4.69, 9.17) is 4.74 Å². The first-order chi connectivity index (χ1) is 7.72. The SMILES string of the molecule is CCOC(=O)c1cc(I)n(C2CCCC2)n1. The van der Waals surface area contributed by atoms with Gasteiger partial charge in [-0.2, -0.15) is 5.10 Å². The zero-order valence-electron chi connectivity index (χ0n) is 9.28. The minimum Gasteiger partial charge on any atom is -0.461 e. The van der Waals surface area contributed by atoms with Crippen LogP contribution in [-0.4, -0.2) is 22.4 Å². The third kappa shape index (κ3) is 2.39. The minimum atomic E-state index is -0.322. The van der Waals surface area contributed by atoms with Gasteiger partial charge in [0.25, 0.3) is 0 Å². The Bertz CT molecular complexity index is 383. The van der Waals surface area contributed by atoms with E-state index in [2.05, 4.69) is 27.7 Å². The Morgan fingerprint density at radius 1 is 1.62 bits per heavy atom. The van der Waals surface area contributed by atoms with Crippen LogP contribution < -0.4 is 0 Å². The van der Waals surface area contributed by atoms with Crippen LogP contribution in [-0.2, 0) is 4.74 Å². The molecule has 1 fully saturated rings. The summed E-state index contributed by atoms with van der Waals surface area (Å²) in [4.78, 5) is 11.5. The molecule has 0 saturated heterocycles. The highest BCUT2D eigenvalue weighted by Crippen LogP contribution is 2.30. The topological polar surface area (TPSA) is 44.1 Å². The number of halogens is 1. The van der Waals surface area contributed by atoms with Crippen molar-refractivity contribution in [3.05, 3.63) is 15.5 Å². The standard InChI is InChI=1S/C11H15IN2O2/c1-2-16-11(15)9-7-10(12)14(13-9)8-5-3-4-6-8/h7-8H,2-6H2,1H3. The Hall–Kier alpha value is -0.590. The second-order valence-corrected chi connectivity index (χ2v) is 5.06. The first-order valence-electron chi connectivity index (χ1n) is 5.64. The van der Waals surface area contributed by atoms with Crippen LogP contribution in [0, 0.1) is 3.70 Å². The molecule has 2 rings (SSSR count). The summed E-state index contributed by atoms with van der Waals surface area (Å²) in [6.07, 6.45) is 4.85. The van der Waals surface area contributed by atoms with Crippen molar-refractivity contribution in [3.8, 4) is 0 Å². The van der Waals surface area contributed by atoms with E-state index >= 15 is 0 Å². The Morgan fingerprint density at radius 2 is 2.31 bits per heavy atom. The predicted octanol–water partition coefficient (Wildman–Crippen LogP) is 2.78. The molecule has 16 heavy (non-hydrogen) atoms. The van der Waals surface area contributed by atoms with Gasteiger partial charge in [-0.15, -0.1) is 0 Å². The molecule has 0 unspecified atom stereocenters. The number of carbonyl (C=O) groups is 1. The molecule has 0 atom stereocenters. The van der Waals surface area contributed by atoms with Crippen LogP contribution in [0.5, 0.6) is 0 Å². The van der Waals surface area contributed by atoms with E-state index in [0.29, 0.717) is 18.3 Å². The predicted molar refractivity (Wildman–Crippen MR) is 68.4 cm³/mol. The number of nitrogens with zero attached hydrogens (tertiary/aromatic N) is 2. The monoisotopic (exact) mass is 334 g/mol. The maximum atomic E-state index is 11.5. The maximum absolute atomic E-state index is 11.5. The van der Waals surface area contributed by atoms with Crippen LogP contribution in [0.25, 0.3) is 0 Å². The zero-order valence-corrected chi connectivity index (χ0v) is 11.4. The molecule has 1 heterocycles. The van der Waals surface area contributed by atoms with Gasteiger partial charge in [-0.25, -0.2) is 4.79 Å². The number of hydrogen-bond acceptors (Lipinski definition) is 3. The minimum absolute atomic E-state index is 0.322. The molecular weight excluding hydrogens is 319 g/mol. The summed E-state index contributed by atoms with van der Waals surface area (Å²) in [6.45, 7) is 2.20. The first kappa shape index (κ1) is 11.9. The van der Waals surface area contributed by atoms with E-state index < -0.39 is 0 Å². The summed E-state index contributed by atoms with van der Waals surface area (Å²) in [5.41, 5.74) is 0.429. The number of rotatable bonds is 3. The van der Waals surface area contributed by atoms with E-state index in [9.17, 15) is 4.79 Å². The van der Waals surface area contributed by atoms with Crippen molar-refractivity contribution < 1.29 is 9.53 Å². The summed E-state index contributed by atoms with van der Waals surface area (Å²) in [7, 11) is 0. The lowest BCUT2D eigenvalue weighted by Crippen LogP contribution is -2.11. The molecule has 1 aromatic rings. The summed E-state index contributed by atoms with van der Waals surface area (Å²) in [6, 6.07) is 2.27. The zero-order chi connectivity index (χ0) is 11.5. The van der Waals surface area contributed by atoms with Crippen LogP contribution in [0.2, 0.25) is 0 Å². The summed E-state index contributed by atoms with van der Waals surface area (Å²) in [5.74, 6) is -0.322. The Kier molecular flexibility index (Phi) is 3.83. The Balaban J connectivity index is 2.17. The number of hydrogen-bond donors (Lipinski definition) is 0. The van der Waals surface area contributed by atoms with Crippen molar-refractivity contribution in [2.45, 2.75) is 38.6 Å². The molecule has 4 nitrogen and oxygen atoms in total. The Labute approximate surface area is 108 Å². The van der Waals surface area contributed by atoms with E-state index in [0.717, 1.165) is 3.70 Å². The lowest BCUT2D eigenvalue weighted by Gasteiger charge is -2.10. The fourth-order valence-corrected chi connectivity index (χ4v) is 2.88. The van der Waals surface area contributed by atoms with Crippen molar-refractivity contribution in [1.82, 2.24) is 9.78 Å². The Morgan fingerprint density at radius 3 is 2.94 bits per heavy atom. The van der Waals surface area contributed by atoms with Crippen LogP contribution in [0.1, 0.15) is 49.1 Å².